The zero-order valence-electron chi connectivity index (χ0n) is 11.8. The van der Waals surface area contributed by atoms with Crippen LogP contribution >= 0.6 is 11.9 Å². The van der Waals surface area contributed by atoms with Crippen LogP contribution < -0.4 is 15.2 Å². The van der Waals surface area contributed by atoms with Gasteiger partial charge in [-0.15, -0.1) is 0 Å². The van der Waals surface area contributed by atoms with Crippen LogP contribution in [-0.4, -0.2) is 20.4 Å². The number of primary sulfonamides is 1. The van der Waals surface area contributed by atoms with Crippen LogP contribution in [0.4, 0.5) is 4.79 Å². The highest BCUT2D eigenvalue weighted by molar-refractivity contribution is 7.98. The number of hydrogen-bond donors (Lipinski definition) is 3. The number of urea groups is 1. The van der Waals surface area contributed by atoms with E-state index in [4.69, 9.17) is 5.14 Å². The van der Waals surface area contributed by atoms with Gasteiger partial charge >= 0.3 is 6.03 Å². The fourth-order valence-electron chi connectivity index (χ4n) is 1.12. The Morgan fingerprint density at radius 3 is 2.10 bits per heavy atom. The molecule has 4 N–H and O–H groups in total. The summed E-state index contributed by atoms with van der Waals surface area (Å²) in [7, 11) is -3.74. The van der Waals surface area contributed by atoms with Gasteiger partial charge in [0.15, 0.2) is 0 Å². The molecule has 0 spiro atoms. The van der Waals surface area contributed by atoms with Crippen molar-refractivity contribution in [2.45, 2.75) is 30.6 Å². The first-order valence-electron chi connectivity index (χ1n) is 5.91. The minimum atomic E-state index is -3.74. The molecule has 0 unspecified atom stereocenters. The fraction of sp³-hybridized carbons (Fsp3) is 0.333. The van der Waals surface area contributed by atoms with E-state index in [9.17, 15) is 18.0 Å². The minimum absolute atomic E-state index is 0.0146. The first-order chi connectivity index (χ1) is 9.50. The monoisotopic (exact) mass is 331 g/mol. The molecule has 0 heterocycles. The summed E-state index contributed by atoms with van der Waals surface area (Å²) in [5.74, 6) is -0.398. The molecule has 0 saturated heterocycles. The Balaban J connectivity index is 2.56. The summed E-state index contributed by atoms with van der Waals surface area (Å²) in [5.41, 5.74) is -0.668. The maximum Gasteiger partial charge on any atom is 0.331 e. The molecule has 116 valence electrons. The molecule has 0 aromatic heterocycles. The Morgan fingerprint density at radius 1 is 1.14 bits per heavy atom. The van der Waals surface area contributed by atoms with Crippen molar-refractivity contribution in [3.05, 3.63) is 24.3 Å². The third kappa shape index (κ3) is 5.74. The Hall–Kier alpha value is -1.58. The van der Waals surface area contributed by atoms with E-state index < -0.39 is 27.4 Å². The highest BCUT2D eigenvalue weighted by atomic mass is 32.2. The van der Waals surface area contributed by atoms with Gasteiger partial charge in [-0.25, -0.2) is 18.4 Å². The van der Waals surface area contributed by atoms with Crippen molar-refractivity contribution in [3.8, 4) is 0 Å². The number of nitrogens with one attached hydrogen (secondary N) is 2. The second-order valence-electron chi connectivity index (χ2n) is 5.25. The van der Waals surface area contributed by atoms with E-state index in [1.807, 2.05) is 0 Å². The lowest BCUT2D eigenvalue weighted by atomic mass is 9.96. The Kier molecular flexibility index (Phi) is 5.37. The molecule has 21 heavy (non-hydrogen) atoms. The molecule has 3 amide bonds. The van der Waals surface area contributed by atoms with Gasteiger partial charge in [0, 0.05) is 10.3 Å². The van der Waals surface area contributed by atoms with Gasteiger partial charge in [0.05, 0.1) is 4.90 Å². The standard InChI is InChI=1S/C12H17N3O4S2/c1-12(2,3)10(16)14-11(17)15-20-8-4-6-9(7-5-8)21(13,18)19/h4-7H,1-3H3,(H2,13,18,19)(H2,14,15,16,17). The molecular weight excluding hydrogens is 314 g/mol. The van der Waals surface area contributed by atoms with Crippen molar-refractivity contribution in [3.63, 3.8) is 0 Å². The summed E-state index contributed by atoms with van der Waals surface area (Å²) in [6.45, 7) is 5.07. The molecule has 7 nitrogen and oxygen atoms in total. The van der Waals surface area contributed by atoms with Gasteiger partial charge in [-0.1, -0.05) is 20.8 Å². The van der Waals surface area contributed by atoms with Crippen molar-refractivity contribution in [2.24, 2.45) is 10.6 Å². The zero-order valence-corrected chi connectivity index (χ0v) is 13.5. The number of nitrogens with two attached hydrogens (primary N) is 1. The molecule has 1 aromatic carbocycles. The lowest BCUT2D eigenvalue weighted by Gasteiger charge is -2.16. The highest BCUT2D eigenvalue weighted by Crippen LogP contribution is 2.17. The SMILES string of the molecule is CC(C)(C)C(=O)NC(=O)NSc1ccc(S(N)(=O)=O)cc1. The number of carbonyl (C=O) groups excluding carboxylic acids is 2. The molecule has 1 aromatic rings. The van der Waals surface area contributed by atoms with E-state index in [1.165, 1.54) is 24.3 Å². The fourth-order valence-corrected chi connectivity index (χ4v) is 2.17. The Morgan fingerprint density at radius 2 is 1.67 bits per heavy atom. The zero-order chi connectivity index (χ0) is 16.3. The largest absolute Gasteiger partial charge is 0.331 e. The molecule has 0 aliphatic rings. The summed E-state index contributed by atoms with van der Waals surface area (Å²) >= 11 is 0.951. The van der Waals surface area contributed by atoms with E-state index in [-0.39, 0.29) is 4.90 Å². The van der Waals surface area contributed by atoms with Crippen molar-refractivity contribution in [2.75, 3.05) is 0 Å². The number of amides is 3. The quantitative estimate of drug-likeness (QED) is 0.720. The molecule has 9 heteroatoms. The first-order valence-corrected chi connectivity index (χ1v) is 8.27. The maximum atomic E-state index is 11.6. The van der Waals surface area contributed by atoms with E-state index in [1.54, 1.807) is 20.8 Å². The van der Waals surface area contributed by atoms with E-state index in [0.29, 0.717) is 4.90 Å². The lowest BCUT2D eigenvalue weighted by molar-refractivity contribution is -0.127. The number of carbonyl (C=O) groups is 2. The smallest absolute Gasteiger partial charge is 0.277 e. The third-order valence-corrected chi connectivity index (χ3v) is 4.05. The highest BCUT2D eigenvalue weighted by Gasteiger charge is 2.23. The number of hydrogen-bond acceptors (Lipinski definition) is 5. The predicted octanol–water partition coefficient (Wildman–Crippen LogP) is 1.21. The number of sulfonamides is 1. The molecule has 0 bridgehead atoms. The van der Waals surface area contributed by atoms with Gasteiger partial charge in [0.25, 0.3) is 0 Å². The normalized spacial score (nSPS) is 11.8. The van der Waals surface area contributed by atoms with Crippen LogP contribution in [0.25, 0.3) is 0 Å². The van der Waals surface area contributed by atoms with E-state index >= 15 is 0 Å². The topological polar surface area (TPSA) is 118 Å². The van der Waals surface area contributed by atoms with Crippen LogP contribution in [0, 0.1) is 5.41 Å². The van der Waals surface area contributed by atoms with Crippen LogP contribution in [-0.2, 0) is 14.8 Å². The first kappa shape index (κ1) is 17.5. The molecule has 0 aliphatic heterocycles. The molecule has 0 atom stereocenters. The Bertz CT molecular complexity index is 633. The van der Waals surface area contributed by atoms with Crippen LogP contribution in [0.5, 0.6) is 0 Å². The van der Waals surface area contributed by atoms with Crippen molar-refractivity contribution in [1.82, 2.24) is 10.0 Å². The Labute approximate surface area is 127 Å². The molecule has 0 radical (unpaired) electrons. The van der Waals surface area contributed by atoms with Crippen LogP contribution in [0.1, 0.15) is 20.8 Å². The van der Waals surface area contributed by atoms with Gasteiger partial charge in [0.1, 0.15) is 0 Å². The van der Waals surface area contributed by atoms with Crippen molar-refractivity contribution >= 4 is 33.9 Å². The van der Waals surface area contributed by atoms with E-state index in [0.717, 1.165) is 11.9 Å². The number of benzene rings is 1. The maximum absolute atomic E-state index is 11.6. The van der Waals surface area contributed by atoms with Gasteiger partial charge in [-0.05, 0) is 36.2 Å². The molecule has 1 rings (SSSR count). The molecule has 0 aliphatic carbocycles. The van der Waals surface area contributed by atoms with Gasteiger partial charge in [0.2, 0.25) is 15.9 Å². The molecular formula is C12H17N3O4S2. The minimum Gasteiger partial charge on any atom is -0.277 e. The third-order valence-electron chi connectivity index (χ3n) is 2.32. The van der Waals surface area contributed by atoms with Crippen LogP contribution in [0.15, 0.2) is 34.1 Å². The summed E-state index contributed by atoms with van der Waals surface area (Å²) in [6, 6.07) is 5.01. The lowest BCUT2D eigenvalue weighted by Crippen LogP contribution is -2.42. The predicted molar refractivity (Wildman–Crippen MR) is 79.8 cm³/mol. The van der Waals surface area contributed by atoms with Gasteiger partial charge < -0.3 is 0 Å². The summed E-state index contributed by atoms with van der Waals surface area (Å²) in [5, 5.41) is 7.17. The summed E-state index contributed by atoms with van der Waals surface area (Å²) < 4.78 is 24.6. The number of rotatable bonds is 3. The molecule has 0 fully saturated rings. The van der Waals surface area contributed by atoms with Crippen LogP contribution in [0.3, 0.4) is 0 Å². The second kappa shape index (κ2) is 6.46. The van der Waals surface area contributed by atoms with Crippen molar-refractivity contribution in [1.29, 1.82) is 0 Å². The van der Waals surface area contributed by atoms with Crippen molar-refractivity contribution < 1.29 is 18.0 Å². The van der Waals surface area contributed by atoms with Gasteiger partial charge in [-0.2, -0.15) is 0 Å². The number of imide groups is 1. The average Bonchev–Trinajstić information content (AvgIpc) is 2.34. The second-order valence-corrected chi connectivity index (χ2v) is 7.69. The van der Waals surface area contributed by atoms with Gasteiger partial charge in [-0.3, -0.25) is 14.8 Å². The molecule has 0 saturated carbocycles. The van der Waals surface area contributed by atoms with E-state index in [2.05, 4.69) is 10.0 Å². The van der Waals surface area contributed by atoms with Crippen LogP contribution in [0.2, 0.25) is 0 Å². The summed E-state index contributed by atoms with van der Waals surface area (Å²) in [6.07, 6.45) is 0. The average molecular weight is 331 g/mol. The summed E-state index contributed by atoms with van der Waals surface area (Å²) in [4.78, 5) is 23.7.